The third kappa shape index (κ3) is 4.09. The van der Waals surface area contributed by atoms with Gasteiger partial charge < -0.3 is 15.2 Å². The van der Waals surface area contributed by atoms with Crippen molar-refractivity contribution in [2.45, 2.75) is 20.3 Å². The second-order valence-electron chi connectivity index (χ2n) is 6.46. The first-order valence-electron chi connectivity index (χ1n) is 8.96. The molecule has 0 bridgehead atoms. The summed E-state index contributed by atoms with van der Waals surface area (Å²) in [6.45, 7) is 4.02. The normalized spacial score (nSPS) is 13.8. The van der Waals surface area contributed by atoms with E-state index < -0.39 is 17.8 Å². The molecule has 7 nitrogen and oxygen atoms in total. The highest BCUT2D eigenvalue weighted by Crippen LogP contribution is 2.33. The molecule has 8 heteroatoms. The molecule has 0 fully saturated rings. The summed E-state index contributed by atoms with van der Waals surface area (Å²) in [5.41, 5.74) is 1.54. The van der Waals surface area contributed by atoms with Gasteiger partial charge in [-0.2, -0.15) is 0 Å². The van der Waals surface area contributed by atoms with Crippen LogP contribution in [0.5, 0.6) is 5.75 Å². The zero-order valence-electron chi connectivity index (χ0n) is 15.9. The van der Waals surface area contributed by atoms with E-state index in [1.165, 1.54) is 30.3 Å². The number of nitrogens with zero attached hydrogens (tertiary/aromatic N) is 1. The van der Waals surface area contributed by atoms with E-state index in [0.29, 0.717) is 18.6 Å². The maximum atomic E-state index is 12.8. The molecule has 1 aliphatic rings. The Morgan fingerprint density at radius 2 is 1.83 bits per heavy atom. The van der Waals surface area contributed by atoms with Crippen LogP contribution in [0.1, 0.15) is 29.3 Å². The van der Waals surface area contributed by atoms with Crippen LogP contribution in [0.3, 0.4) is 0 Å². The van der Waals surface area contributed by atoms with E-state index in [1.54, 1.807) is 12.1 Å². The number of amides is 2. The van der Waals surface area contributed by atoms with Crippen LogP contribution in [0, 0.1) is 6.92 Å². The first-order chi connectivity index (χ1) is 13.8. The Bertz CT molecular complexity index is 1010. The Kier molecular flexibility index (Phi) is 5.89. The van der Waals surface area contributed by atoms with Gasteiger partial charge in [-0.25, -0.2) is 9.69 Å². The van der Waals surface area contributed by atoms with Crippen molar-refractivity contribution in [2.75, 3.05) is 16.8 Å². The quantitative estimate of drug-likeness (QED) is 0.425. The molecule has 29 heavy (non-hydrogen) atoms. The molecule has 2 aromatic carbocycles. The predicted octanol–water partition coefficient (Wildman–Crippen LogP) is 3.70. The third-order valence-electron chi connectivity index (χ3n) is 4.24. The van der Waals surface area contributed by atoms with Crippen LogP contribution in [-0.2, 0) is 14.3 Å². The Balaban J connectivity index is 1.82. The van der Waals surface area contributed by atoms with Crippen molar-refractivity contribution in [3.8, 4) is 5.75 Å². The topological polar surface area (TPSA) is 95.9 Å². The molecule has 1 aliphatic heterocycles. The van der Waals surface area contributed by atoms with Gasteiger partial charge in [0.25, 0.3) is 11.8 Å². The Hall–Kier alpha value is -3.32. The Labute approximate surface area is 172 Å². The number of phenols is 1. The van der Waals surface area contributed by atoms with Gasteiger partial charge in [-0.15, -0.1) is 0 Å². The molecular weight excluding hydrogens is 396 g/mol. The number of aryl methyl sites for hydroxylation is 1. The lowest BCUT2D eigenvalue weighted by Crippen LogP contribution is -2.32. The standard InChI is InChI=1S/C21H19ClN2O5/c1-3-10-29-21(28)13-5-7-14(8-6-13)24-19(26)17(22)18(20(24)27)23-15-11-12(2)4-9-16(15)25/h4-9,11,23,25H,3,10H2,1-2H3. The minimum Gasteiger partial charge on any atom is -0.506 e. The fourth-order valence-corrected chi connectivity index (χ4v) is 2.97. The van der Waals surface area contributed by atoms with Crippen LogP contribution >= 0.6 is 11.6 Å². The van der Waals surface area contributed by atoms with Gasteiger partial charge in [0.2, 0.25) is 0 Å². The maximum Gasteiger partial charge on any atom is 0.338 e. The van der Waals surface area contributed by atoms with Crippen molar-refractivity contribution < 1.29 is 24.2 Å². The van der Waals surface area contributed by atoms with E-state index in [2.05, 4.69) is 5.32 Å². The van der Waals surface area contributed by atoms with Gasteiger partial charge in [0, 0.05) is 0 Å². The number of rotatable bonds is 6. The molecule has 0 aromatic heterocycles. The summed E-state index contributed by atoms with van der Waals surface area (Å²) < 4.78 is 5.06. The fourth-order valence-electron chi connectivity index (χ4n) is 2.76. The highest BCUT2D eigenvalue weighted by atomic mass is 35.5. The highest BCUT2D eigenvalue weighted by Gasteiger charge is 2.39. The lowest BCUT2D eigenvalue weighted by atomic mass is 10.2. The number of benzene rings is 2. The number of halogens is 1. The monoisotopic (exact) mass is 414 g/mol. The lowest BCUT2D eigenvalue weighted by molar-refractivity contribution is -0.120. The van der Waals surface area contributed by atoms with Gasteiger partial charge in [-0.1, -0.05) is 24.6 Å². The number of hydrogen-bond acceptors (Lipinski definition) is 6. The Morgan fingerprint density at radius 3 is 2.48 bits per heavy atom. The van der Waals surface area contributed by atoms with Crippen molar-refractivity contribution in [1.82, 2.24) is 0 Å². The molecule has 2 N–H and O–H groups in total. The van der Waals surface area contributed by atoms with E-state index >= 15 is 0 Å². The van der Waals surface area contributed by atoms with Gasteiger partial charge in [-0.05, 0) is 55.3 Å². The number of ether oxygens (including phenoxy) is 1. The van der Waals surface area contributed by atoms with Crippen LogP contribution in [0.2, 0.25) is 0 Å². The SMILES string of the molecule is CCCOC(=O)c1ccc(N2C(=O)C(Cl)=C(Nc3cc(C)ccc3O)C2=O)cc1. The van der Waals surface area contributed by atoms with Crippen LogP contribution in [0.25, 0.3) is 0 Å². The van der Waals surface area contributed by atoms with Gasteiger partial charge in [0.15, 0.2) is 0 Å². The summed E-state index contributed by atoms with van der Waals surface area (Å²) in [6, 6.07) is 10.7. The first-order valence-corrected chi connectivity index (χ1v) is 9.33. The minimum atomic E-state index is -0.701. The smallest absolute Gasteiger partial charge is 0.338 e. The number of carbonyl (C=O) groups is 3. The summed E-state index contributed by atoms with van der Waals surface area (Å²) in [5.74, 6) is -1.93. The average molecular weight is 415 g/mol. The van der Waals surface area contributed by atoms with E-state index in [1.807, 2.05) is 13.8 Å². The van der Waals surface area contributed by atoms with E-state index in [0.717, 1.165) is 10.5 Å². The number of hydrogen-bond donors (Lipinski definition) is 2. The number of aromatic hydroxyl groups is 1. The molecule has 0 saturated heterocycles. The largest absolute Gasteiger partial charge is 0.506 e. The molecule has 2 aromatic rings. The first kappa shape index (κ1) is 20.4. The predicted molar refractivity (Wildman–Crippen MR) is 109 cm³/mol. The molecule has 0 radical (unpaired) electrons. The summed E-state index contributed by atoms with van der Waals surface area (Å²) in [5, 5.41) is 12.4. The molecule has 3 rings (SSSR count). The number of imide groups is 1. The molecule has 0 atom stereocenters. The summed E-state index contributed by atoms with van der Waals surface area (Å²) in [6.07, 6.45) is 0.705. The number of anilines is 2. The van der Waals surface area contributed by atoms with Crippen molar-refractivity contribution >= 4 is 40.8 Å². The second kappa shape index (κ2) is 8.36. The summed E-state index contributed by atoms with van der Waals surface area (Å²) >= 11 is 6.10. The summed E-state index contributed by atoms with van der Waals surface area (Å²) in [4.78, 5) is 38.2. The molecule has 0 saturated carbocycles. The van der Waals surface area contributed by atoms with Crippen molar-refractivity contribution in [3.63, 3.8) is 0 Å². The number of nitrogens with one attached hydrogen (secondary N) is 1. The van der Waals surface area contributed by atoms with E-state index in [9.17, 15) is 19.5 Å². The van der Waals surface area contributed by atoms with Gasteiger partial charge in [0.05, 0.1) is 23.5 Å². The second-order valence-corrected chi connectivity index (χ2v) is 6.84. The fraction of sp³-hybridized carbons (Fsp3) is 0.190. The number of carbonyl (C=O) groups excluding carboxylic acids is 3. The van der Waals surface area contributed by atoms with Crippen LogP contribution in [-0.4, -0.2) is 29.5 Å². The Morgan fingerprint density at radius 1 is 1.14 bits per heavy atom. The number of phenolic OH excluding ortho intramolecular Hbond substituents is 1. The minimum absolute atomic E-state index is 0.0822. The zero-order valence-corrected chi connectivity index (χ0v) is 16.6. The van der Waals surface area contributed by atoms with E-state index in [4.69, 9.17) is 16.3 Å². The van der Waals surface area contributed by atoms with Gasteiger partial charge >= 0.3 is 5.97 Å². The third-order valence-corrected chi connectivity index (χ3v) is 4.59. The maximum absolute atomic E-state index is 12.8. The molecular formula is C21H19ClN2O5. The van der Waals surface area contributed by atoms with Gasteiger partial charge in [0.1, 0.15) is 16.5 Å². The molecule has 150 valence electrons. The van der Waals surface area contributed by atoms with Crippen LogP contribution < -0.4 is 10.2 Å². The number of esters is 1. The van der Waals surface area contributed by atoms with E-state index in [-0.39, 0.29) is 27.9 Å². The van der Waals surface area contributed by atoms with Crippen molar-refractivity contribution in [2.24, 2.45) is 0 Å². The molecule has 1 heterocycles. The summed E-state index contributed by atoms with van der Waals surface area (Å²) in [7, 11) is 0. The van der Waals surface area contributed by atoms with Crippen LogP contribution in [0.15, 0.2) is 53.2 Å². The average Bonchev–Trinajstić information content (AvgIpc) is 2.92. The molecule has 0 unspecified atom stereocenters. The molecule has 0 spiro atoms. The molecule has 0 aliphatic carbocycles. The van der Waals surface area contributed by atoms with Crippen molar-refractivity contribution in [1.29, 1.82) is 0 Å². The van der Waals surface area contributed by atoms with Crippen molar-refractivity contribution in [3.05, 3.63) is 64.3 Å². The van der Waals surface area contributed by atoms with Gasteiger partial charge in [-0.3, -0.25) is 9.59 Å². The molecule has 2 amide bonds. The van der Waals surface area contributed by atoms with Crippen LogP contribution in [0.4, 0.5) is 11.4 Å². The zero-order chi connectivity index (χ0) is 21.1. The highest BCUT2D eigenvalue weighted by molar-refractivity contribution is 6.53. The lowest BCUT2D eigenvalue weighted by Gasteiger charge is -2.16.